The van der Waals surface area contributed by atoms with Crippen LogP contribution in [-0.2, 0) is 4.84 Å². The van der Waals surface area contributed by atoms with Crippen molar-refractivity contribution in [2.45, 2.75) is 13.3 Å². The number of carbonyl (C=O) groups is 1. The molecular formula is C8H14N2O3. The predicted octanol–water partition coefficient (Wildman–Crippen LogP) is 1.01. The Bertz CT molecular complexity index is 227. The van der Waals surface area contributed by atoms with Crippen LogP contribution in [0.3, 0.4) is 0 Å². The van der Waals surface area contributed by atoms with Crippen molar-refractivity contribution in [1.29, 1.82) is 0 Å². The molecule has 0 radical (unpaired) electrons. The Kier molecular flexibility index (Phi) is 3.11. The van der Waals surface area contributed by atoms with Crippen LogP contribution in [0.4, 0.5) is 4.79 Å². The quantitative estimate of drug-likeness (QED) is 0.621. The van der Waals surface area contributed by atoms with E-state index >= 15 is 0 Å². The smallest absolute Gasteiger partial charge is 0.407 e. The highest BCUT2D eigenvalue weighted by Gasteiger charge is 2.25. The summed E-state index contributed by atoms with van der Waals surface area (Å²) in [6.45, 7) is 2.98. The number of amides is 1. The van der Waals surface area contributed by atoms with E-state index in [4.69, 9.17) is 5.11 Å². The van der Waals surface area contributed by atoms with Crippen molar-refractivity contribution in [3.8, 4) is 0 Å². The average molecular weight is 186 g/mol. The van der Waals surface area contributed by atoms with E-state index in [1.807, 2.05) is 6.92 Å². The first-order valence-corrected chi connectivity index (χ1v) is 4.23. The molecule has 13 heavy (non-hydrogen) atoms. The molecule has 0 bridgehead atoms. The van der Waals surface area contributed by atoms with Crippen LogP contribution in [0.25, 0.3) is 0 Å². The van der Waals surface area contributed by atoms with Gasteiger partial charge < -0.3 is 14.8 Å². The molecule has 0 aromatic rings. The molecular weight excluding hydrogens is 172 g/mol. The van der Waals surface area contributed by atoms with Crippen LogP contribution in [0.1, 0.15) is 13.3 Å². The Balaban J connectivity index is 2.56. The molecule has 1 saturated heterocycles. The zero-order valence-corrected chi connectivity index (χ0v) is 7.86. The van der Waals surface area contributed by atoms with Gasteiger partial charge in [-0.3, -0.25) is 0 Å². The lowest BCUT2D eigenvalue weighted by Crippen LogP contribution is -2.42. The maximum Gasteiger partial charge on any atom is 0.407 e. The number of piperidine rings is 1. The largest absolute Gasteiger partial charge is 0.465 e. The summed E-state index contributed by atoms with van der Waals surface area (Å²) in [6.07, 6.45) is -0.190. The third-order valence-corrected chi connectivity index (χ3v) is 2.18. The van der Waals surface area contributed by atoms with E-state index < -0.39 is 6.09 Å². The van der Waals surface area contributed by atoms with Gasteiger partial charge in [-0.15, -0.1) is 0 Å². The zero-order chi connectivity index (χ0) is 9.84. The summed E-state index contributed by atoms with van der Waals surface area (Å²) in [7, 11) is 1.50. The van der Waals surface area contributed by atoms with Crippen LogP contribution in [0.15, 0.2) is 5.16 Å². The minimum Gasteiger partial charge on any atom is -0.465 e. The second-order valence-corrected chi connectivity index (χ2v) is 3.14. The van der Waals surface area contributed by atoms with Crippen LogP contribution < -0.4 is 0 Å². The number of carboxylic acid groups (broad SMARTS) is 1. The first kappa shape index (κ1) is 9.83. The molecule has 1 N–H and O–H groups in total. The Hall–Kier alpha value is -1.26. The van der Waals surface area contributed by atoms with Crippen molar-refractivity contribution in [3.05, 3.63) is 0 Å². The van der Waals surface area contributed by atoms with E-state index in [-0.39, 0.29) is 5.92 Å². The third-order valence-electron chi connectivity index (χ3n) is 2.18. The summed E-state index contributed by atoms with van der Waals surface area (Å²) in [5, 5.41) is 12.6. The van der Waals surface area contributed by atoms with Crippen LogP contribution in [-0.4, -0.2) is 42.0 Å². The second kappa shape index (κ2) is 4.11. The van der Waals surface area contributed by atoms with Crippen molar-refractivity contribution in [2.75, 3.05) is 20.2 Å². The molecule has 5 heteroatoms. The van der Waals surface area contributed by atoms with Gasteiger partial charge in [-0.2, -0.15) is 0 Å². The van der Waals surface area contributed by atoms with Gasteiger partial charge in [-0.05, 0) is 0 Å². The molecule has 74 valence electrons. The van der Waals surface area contributed by atoms with Crippen LogP contribution >= 0.6 is 0 Å². The zero-order valence-electron chi connectivity index (χ0n) is 7.86. The molecule has 1 rings (SSSR count). The molecule has 1 atom stereocenters. The van der Waals surface area contributed by atoms with Crippen molar-refractivity contribution in [3.63, 3.8) is 0 Å². The maximum absolute atomic E-state index is 10.6. The van der Waals surface area contributed by atoms with Crippen molar-refractivity contribution in [2.24, 2.45) is 11.1 Å². The van der Waals surface area contributed by atoms with E-state index in [9.17, 15) is 4.79 Å². The Morgan fingerprint density at radius 1 is 1.77 bits per heavy atom. The Labute approximate surface area is 77.0 Å². The third kappa shape index (κ3) is 2.34. The first-order chi connectivity index (χ1) is 6.15. The van der Waals surface area contributed by atoms with E-state index in [0.29, 0.717) is 19.5 Å². The minimum absolute atomic E-state index is 0.157. The van der Waals surface area contributed by atoms with Gasteiger partial charge in [0, 0.05) is 25.4 Å². The van der Waals surface area contributed by atoms with Gasteiger partial charge in [0.25, 0.3) is 0 Å². The van der Waals surface area contributed by atoms with Gasteiger partial charge in [0.15, 0.2) is 0 Å². The molecule has 1 heterocycles. The first-order valence-electron chi connectivity index (χ1n) is 4.23. The summed E-state index contributed by atoms with van der Waals surface area (Å²) in [4.78, 5) is 16.7. The molecule has 1 amide bonds. The molecule has 1 unspecified atom stereocenters. The lowest BCUT2D eigenvalue weighted by Gasteiger charge is -2.29. The highest BCUT2D eigenvalue weighted by Crippen LogP contribution is 2.13. The maximum atomic E-state index is 10.6. The average Bonchev–Trinajstić information content (AvgIpc) is 2.08. The summed E-state index contributed by atoms with van der Waals surface area (Å²) in [5.41, 5.74) is 0.944. The van der Waals surface area contributed by atoms with Crippen molar-refractivity contribution < 1.29 is 14.7 Å². The van der Waals surface area contributed by atoms with Gasteiger partial charge >= 0.3 is 6.09 Å². The summed E-state index contributed by atoms with van der Waals surface area (Å²) < 4.78 is 0. The highest BCUT2D eigenvalue weighted by molar-refractivity contribution is 5.88. The fourth-order valence-corrected chi connectivity index (χ4v) is 1.45. The lowest BCUT2D eigenvalue weighted by atomic mass is 9.98. The van der Waals surface area contributed by atoms with Gasteiger partial charge in [-0.1, -0.05) is 12.1 Å². The summed E-state index contributed by atoms with van der Waals surface area (Å²) in [5.74, 6) is 0.157. The fraction of sp³-hybridized carbons (Fsp3) is 0.750. The van der Waals surface area contributed by atoms with E-state index in [1.54, 1.807) is 0 Å². The topological polar surface area (TPSA) is 62.1 Å². The molecule has 0 spiro atoms. The van der Waals surface area contributed by atoms with E-state index in [2.05, 4.69) is 9.99 Å². The molecule has 1 aliphatic heterocycles. The van der Waals surface area contributed by atoms with Crippen molar-refractivity contribution >= 4 is 11.8 Å². The van der Waals surface area contributed by atoms with E-state index in [1.165, 1.54) is 12.0 Å². The number of hydrogen-bond donors (Lipinski definition) is 1. The number of rotatable bonds is 1. The number of hydrogen-bond acceptors (Lipinski definition) is 3. The normalized spacial score (nSPS) is 26.2. The van der Waals surface area contributed by atoms with Gasteiger partial charge in [0.05, 0.1) is 5.71 Å². The molecule has 0 aromatic carbocycles. The highest BCUT2D eigenvalue weighted by atomic mass is 16.6. The predicted molar refractivity (Wildman–Crippen MR) is 47.8 cm³/mol. The molecule has 0 saturated carbocycles. The van der Waals surface area contributed by atoms with Crippen LogP contribution in [0, 0.1) is 5.92 Å². The van der Waals surface area contributed by atoms with Gasteiger partial charge in [0.2, 0.25) is 0 Å². The lowest BCUT2D eigenvalue weighted by molar-refractivity contribution is 0.137. The van der Waals surface area contributed by atoms with Crippen LogP contribution in [0.2, 0.25) is 0 Å². The number of likely N-dealkylation sites (tertiary alicyclic amines) is 1. The Morgan fingerprint density at radius 3 is 2.92 bits per heavy atom. The standard InChI is InChI=1S/C8H14N2O3/c1-6-5-10(8(11)12)4-3-7(6)9-13-2/h6H,3-5H2,1-2H3,(H,11,12). The molecule has 5 nitrogen and oxygen atoms in total. The summed E-state index contributed by atoms with van der Waals surface area (Å²) >= 11 is 0. The van der Waals surface area contributed by atoms with Crippen LogP contribution in [0.5, 0.6) is 0 Å². The second-order valence-electron chi connectivity index (χ2n) is 3.14. The SMILES string of the molecule is CON=C1CCN(C(=O)O)CC1C. The minimum atomic E-state index is -0.858. The number of oxime groups is 1. The molecule has 0 aliphatic carbocycles. The van der Waals surface area contributed by atoms with Crippen molar-refractivity contribution in [1.82, 2.24) is 4.90 Å². The number of nitrogens with zero attached hydrogens (tertiary/aromatic N) is 2. The molecule has 0 aromatic heterocycles. The summed E-state index contributed by atoms with van der Waals surface area (Å²) in [6, 6.07) is 0. The monoisotopic (exact) mass is 186 g/mol. The Morgan fingerprint density at radius 2 is 2.46 bits per heavy atom. The van der Waals surface area contributed by atoms with Gasteiger partial charge in [-0.25, -0.2) is 4.79 Å². The fourth-order valence-electron chi connectivity index (χ4n) is 1.45. The van der Waals surface area contributed by atoms with E-state index in [0.717, 1.165) is 5.71 Å². The molecule has 1 fully saturated rings. The molecule has 1 aliphatic rings. The van der Waals surface area contributed by atoms with Gasteiger partial charge in [0.1, 0.15) is 7.11 Å².